The van der Waals surface area contributed by atoms with Crippen molar-refractivity contribution in [3.63, 3.8) is 0 Å². The number of carbonyl (C=O) groups excluding carboxylic acids is 4. The van der Waals surface area contributed by atoms with Crippen molar-refractivity contribution in [1.82, 2.24) is 0 Å². The molecule has 7 rings (SSSR count). The van der Waals surface area contributed by atoms with Crippen LogP contribution in [0.5, 0.6) is 23.0 Å². The van der Waals surface area contributed by atoms with E-state index in [2.05, 4.69) is 26.3 Å². The van der Waals surface area contributed by atoms with Gasteiger partial charge in [-0.05, 0) is 72.9 Å². The lowest BCUT2D eigenvalue weighted by Gasteiger charge is -2.39. The van der Waals surface area contributed by atoms with Gasteiger partial charge in [0.25, 0.3) is 0 Å². The van der Waals surface area contributed by atoms with Crippen LogP contribution in [0, 0.1) is 0 Å². The minimum atomic E-state index is -1.53. The van der Waals surface area contributed by atoms with E-state index >= 15 is 0 Å². The number of hydrogen-bond donors (Lipinski definition) is 4. The molecule has 4 unspecified atom stereocenters. The summed E-state index contributed by atoms with van der Waals surface area (Å²) in [5, 5.41) is 45.8. The van der Waals surface area contributed by atoms with Crippen LogP contribution in [0.25, 0.3) is 32.7 Å². The fourth-order valence-electron chi connectivity index (χ4n) is 9.79. The summed E-state index contributed by atoms with van der Waals surface area (Å²) in [5.74, 6) is -1.20. The summed E-state index contributed by atoms with van der Waals surface area (Å²) in [5.41, 5.74) is 3.40. The molecule has 0 saturated heterocycles. The topological polar surface area (TPSA) is 260 Å². The maximum absolute atomic E-state index is 12.1. The summed E-state index contributed by atoms with van der Waals surface area (Å²) < 4.78 is 72.7. The molecular formula is C69H78O20. The minimum Gasteiger partial charge on any atom is -0.491 e. The predicted molar refractivity (Wildman–Crippen MR) is 331 cm³/mol. The van der Waals surface area contributed by atoms with Crippen LogP contribution in [0.2, 0.25) is 0 Å². The Morgan fingerprint density at radius 2 is 0.663 bits per heavy atom. The zero-order valence-electron chi connectivity index (χ0n) is 50.7. The normalized spacial score (nSPS) is 13.4. The van der Waals surface area contributed by atoms with Crippen LogP contribution in [0.15, 0.2) is 158 Å². The van der Waals surface area contributed by atoms with Crippen molar-refractivity contribution in [2.75, 3.05) is 106 Å². The first-order valence-electron chi connectivity index (χ1n) is 29.0. The Morgan fingerprint density at radius 1 is 0.382 bits per heavy atom. The lowest BCUT2D eigenvalue weighted by Crippen LogP contribution is -2.33. The average molecular weight is 1230 g/mol. The van der Waals surface area contributed by atoms with Crippen molar-refractivity contribution in [2.24, 2.45) is 0 Å². The average Bonchev–Trinajstić information content (AvgIpc) is 1.60. The Hall–Kier alpha value is -8.44. The first kappa shape index (κ1) is 68.1. The molecule has 89 heavy (non-hydrogen) atoms. The Morgan fingerprint density at radius 3 is 0.978 bits per heavy atom. The van der Waals surface area contributed by atoms with E-state index in [-0.39, 0.29) is 128 Å². The maximum atomic E-state index is 12.1. The van der Waals surface area contributed by atoms with E-state index in [0.717, 1.165) is 33.0 Å². The number of carbonyl (C=O) groups is 4. The van der Waals surface area contributed by atoms with Gasteiger partial charge in [0.2, 0.25) is 0 Å². The molecule has 4 atom stereocenters. The van der Waals surface area contributed by atoms with Gasteiger partial charge in [0.1, 0.15) is 100 Å². The number of aliphatic hydroxyl groups is 4. The second-order valence-electron chi connectivity index (χ2n) is 21.3. The molecule has 0 bridgehead atoms. The van der Waals surface area contributed by atoms with Crippen LogP contribution >= 0.6 is 0 Å². The van der Waals surface area contributed by atoms with Gasteiger partial charge in [0, 0.05) is 33.1 Å². The smallest absolute Gasteiger partial charge is 0.333 e. The third-order valence-electron chi connectivity index (χ3n) is 13.8. The molecule has 1 aliphatic rings. The van der Waals surface area contributed by atoms with Gasteiger partial charge in [-0.1, -0.05) is 123 Å². The van der Waals surface area contributed by atoms with Gasteiger partial charge in [-0.3, -0.25) is 0 Å². The Kier molecular flexibility index (Phi) is 25.4. The highest BCUT2D eigenvalue weighted by molar-refractivity contribution is 6.00. The molecule has 0 fully saturated rings. The third-order valence-corrected chi connectivity index (χ3v) is 13.8. The SMILES string of the molecule is C=C(C)C(=O)OCC(O)COCCOc1cc2ccccc2c(OCCOCC(O)COC(=O)C(=C)C)c1C1(c2c(OCCOCC(O)COC(=O)C(=C)C)cc3ccccc3c2OCCOCC(O)COC(=O)C(=C)C)c2ccccc2-c2ccccc21. The van der Waals surface area contributed by atoms with Crippen LogP contribution in [0.4, 0.5) is 0 Å². The fourth-order valence-corrected chi connectivity index (χ4v) is 9.79. The van der Waals surface area contributed by atoms with E-state index in [1.165, 1.54) is 27.7 Å². The molecule has 0 radical (unpaired) electrons. The molecule has 4 N–H and O–H groups in total. The summed E-state index contributed by atoms with van der Waals surface area (Å²) in [7, 11) is 0. The Balaban J connectivity index is 1.40. The van der Waals surface area contributed by atoms with E-state index < -0.39 is 53.7 Å². The summed E-state index contributed by atoms with van der Waals surface area (Å²) >= 11 is 0. The summed E-state index contributed by atoms with van der Waals surface area (Å²) in [6, 6.07) is 34.9. The van der Waals surface area contributed by atoms with Crippen molar-refractivity contribution in [2.45, 2.75) is 57.5 Å². The second-order valence-corrected chi connectivity index (χ2v) is 21.3. The molecule has 6 aromatic carbocycles. The summed E-state index contributed by atoms with van der Waals surface area (Å²) in [4.78, 5) is 48.5. The molecule has 20 nitrogen and oxygen atoms in total. The minimum absolute atomic E-state index is 0.0410. The zero-order valence-corrected chi connectivity index (χ0v) is 50.7. The zero-order chi connectivity index (χ0) is 64.0. The molecule has 0 aliphatic heterocycles. The number of hydrogen-bond acceptors (Lipinski definition) is 20. The van der Waals surface area contributed by atoms with Gasteiger partial charge >= 0.3 is 23.9 Å². The molecule has 0 amide bonds. The monoisotopic (exact) mass is 1230 g/mol. The highest BCUT2D eigenvalue weighted by Gasteiger charge is 2.53. The number of esters is 4. The summed E-state index contributed by atoms with van der Waals surface area (Å²) in [6.07, 6.45) is -4.65. The lowest BCUT2D eigenvalue weighted by molar-refractivity contribution is -0.143. The second kappa shape index (κ2) is 33.2. The molecule has 1 aliphatic carbocycles. The molecule has 0 heterocycles. The molecule has 0 saturated carbocycles. The number of fused-ring (bicyclic) bond motifs is 5. The quantitative estimate of drug-likeness (QED) is 0.0124. The highest BCUT2D eigenvalue weighted by atomic mass is 16.6. The van der Waals surface area contributed by atoms with Crippen molar-refractivity contribution in [1.29, 1.82) is 0 Å². The van der Waals surface area contributed by atoms with E-state index in [1.807, 2.05) is 109 Å². The lowest BCUT2D eigenvalue weighted by atomic mass is 9.65. The first-order chi connectivity index (χ1) is 42.8. The fraction of sp³-hybridized carbons (Fsp3) is 0.362. The van der Waals surface area contributed by atoms with E-state index in [1.54, 1.807) is 0 Å². The third kappa shape index (κ3) is 17.9. The summed E-state index contributed by atoms with van der Waals surface area (Å²) in [6.45, 7) is 17.8. The molecule has 474 valence electrons. The van der Waals surface area contributed by atoms with Gasteiger partial charge in [-0.15, -0.1) is 0 Å². The molecule has 0 aromatic heterocycles. The van der Waals surface area contributed by atoms with Gasteiger partial charge in [-0.2, -0.15) is 0 Å². The molecule has 6 aromatic rings. The van der Waals surface area contributed by atoms with E-state index in [9.17, 15) is 39.6 Å². The number of ether oxygens (including phenoxy) is 12. The van der Waals surface area contributed by atoms with Crippen LogP contribution in [-0.4, -0.2) is 174 Å². The standard InChI is InChI=1S/C69H78O20/c1-43(2)65(74)86-39-49(70)35-78-25-29-82-59-33-47-17-9-11-19-53(47)63(84-31-27-80-37-51(72)41-88-67(76)45(5)6)61(59)69(57-23-15-13-21-55(57)56-22-14-16-24-58(56)69)62-60(83-30-26-79-36-50(71)40-87-66(75)44(3)4)34-48-18-10-12-20-54(48)64(62)85-32-28-81-38-52(73)42-89-68(77)46(7)8/h9-24,33-34,49-52,70-73H,1,3,5,7,25-32,35-42H2,2,4,6,8H3. The predicted octanol–water partition coefficient (Wildman–Crippen LogP) is 7.86. The van der Waals surface area contributed by atoms with Crippen LogP contribution < -0.4 is 18.9 Å². The number of aliphatic hydroxyl groups excluding tert-OH is 4. The number of rotatable bonds is 38. The Bertz CT molecular complexity index is 3250. The van der Waals surface area contributed by atoms with E-state index in [0.29, 0.717) is 44.9 Å². The van der Waals surface area contributed by atoms with Gasteiger partial charge < -0.3 is 77.3 Å². The van der Waals surface area contributed by atoms with E-state index in [4.69, 9.17) is 56.8 Å². The van der Waals surface area contributed by atoms with Crippen molar-refractivity contribution in [3.05, 3.63) is 180 Å². The Labute approximate surface area is 517 Å². The van der Waals surface area contributed by atoms with Crippen LogP contribution in [0.1, 0.15) is 49.9 Å². The first-order valence-corrected chi connectivity index (χ1v) is 29.0. The van der Waals surface area contributed by atoms with Crippen LogP contribution in [-0.2, 0) is 62.5 Å². The van der Waals surface area contributed by atoms with Gasteiger partial charge in [-0.25, -0.2) is 19.2 Å². The van der Waals surface area contributed by atoms with Crippen LogP contribution in [0.3, 0.4) is 0 Å². The van der Waals surface area contributed by atoms with Gasteiger partial charge in [0.15, 0.2) is 0 Å². The molecular weight excluding hydrogens is 1150 g/mol. The number of benzene rings is 6. The molecule has 0 spiro atoms. The highest BCUT2D eigenvalue weighted by Crippen LogP contribution is 2.64. The van der Waals surface area contributed by atoms with Gasteiger partial charge in [0.05, 0.1) is 69.4 Å². The van der Waals surface area contributed by atoms with Crippen molar-refractivity contribution < 1.29 is 96.4 Å². The largest absolute Gasteiger partial charge is 0.491 e. The van der Waals surface area contributed by atoms with Crippen molar-refractivity contribution in [3.8, 4) is 34.1 Å². The molecule has 20 heteroatoms. The maximum Gasteiger partial charge on any atom is 0.333 e. The van der Waals surface area contributed by atoms with Crippen molar-refractivity contribution >= 4 is 45.4 Å².